The van der Waals surface area contributed by atoms with Crippen molar-refractivity contribution >= 4 is 0 Å². The molecule has 1 heterocycles. The molecule has 1 saturated heterocycles. The summed E-state index contributed by atoms with van der Waals surface area (Å²) in [4.78, 5) is 0. The molecule has 0 aromatic heterocycles. The maximum absolute atomic E-state index is 5.46. The molecule has 1 fully saturated rings. The van der Waals surface area contributed by atoms with E-state index in [2.05, 4.69) is 20.8 Å². The third kappa shape index (κ3) is 7.37. The molecular formula is C13H30O. The van der Waals surface area contributed by atoms with Crippen LogP contribution in [0.2, 0.25) is 0 Å². The van der Waals surface area contributed by atoms with Crippen molar-refractivity contribution in [3.63, 3.8) is 0 Å². The first kappa shape index (κ1) is 16.4. The lowest BCUT2D eigenvalue weighted by atomic mass is 9.86. The van der Waals surface area contributed by atoms with Crippen molar-refractivity contribution in [2.24, 2.45) is 11.8 Å². The summed E-state index contributed by atoms with van der Waals surface area (Å²) >= 11 is 0. The van der Waals surface area contributed by atoms with E-state index in [1.54, 1.807) is 0 Å². The van der Waals surface area contributed by atoms with Gasteiger partial charge in [0, 0.05) is 6.61 Å². The zero-order valence-corrected chi connectivity index (χ0v) is 11.3. The summed E-state index contributed by atoms with van der Waals surface area (Å²) in [6.45, 7) is 15.8. The van der Waals surface area contributed by atoms with E-state index in [9.17, 15) is 0 Å². The van der Waals surface area contributed by atoms with Crippen molar-refractivity contribution in [2.45, 2.75) is 67.4 Å². The molecule has 1 aliphatic rings. The molecule has 0 saturated carbocycles. The predicted molar refractivity (Wildman–Crippen MR) is 65.7 cm³/mol. The minimum Gasteiger partial charge on any atom is -0.378 e. The third-order valence-electron chi connectivity index (χ3n) is 2.47. The summed E-state index contributed by atoms with van der Waals surface area (Å²) in [7, 11) is 0. The molecule has 88 valence electrons. The maximum atomic E-state index is 5.46. The fourth-order valence-corrected chi connectivity index (χ4v) is 1.64. The van der Waals surface area contributed by atoms with Crippen LogP contribution in [0.5, 0.6) is 0 Å². The van der Waals surface area contributed by atoms with Gasteiger partial charge >= 0.3 is 0 Å². The van der Waals surface area contributed by atoms with Crippen molar-refractivity contribution in [3.8, 4) is 0 Å². The van der Waals surface area contributed by atoms with Crippen LogP contribution in [0.4, 0.5) is 0 Å². The second kappa shape index (κ2) is 11.0. The third-order valence-corrected chi connectivity index (χ3v) is 2.47. The zero-order valence-electron chi connectivity index (χ0n) is 11.3. The molecular weight excluding hydrogens is 172 g/mol. The van der Waals surface area contributed by atoms with Crippen LogP contribution in [-0.4, -0.2) is 12.7 Å². The SMILES string of the molecule is CC.CC.CC1CC(C(C)C)CCO1. The van der Waals surface area contributed by atoms with Gasteiger partial charge in [0.05, 0.1) is 6.10 Å². The van der Waals surface area contributed by atoms with E-state index < -0.39 is 0 Å². The van der Waals surface area contributed by atoms with Crippen molar-refractivity contribution < 1.29 is 4.74 Å². The van der Waals surface area contributed by atoms with Crippen LogP contribution in [0.1, 0.15) is 61.3 Å². The quantitative estimate of drug-likeness (QED) is 0.608. The van der Waals surface area contributed by atoms with Crippen LogP contribution in [0.25, 0.3) is 0 Å². The predicted octanol–water partition coefficient (Wildman–Crippen LogP) is 4.51. The minimum atomic E-state index is 0.501. The van der Waals surface area contributed by atoms with Crippen LogP contribution >= 0.6 is 0 Å². The lowest BCUT2D eigenvalue weighted by Gasteiger charge is -2.29. The molecule has 0 aliphatic carbocycles. The molecule has 1 rings (SSSR count). The molecule has 0 N–H and O–H groups in total. The molecule has 0 aromatic carbocycles. The van der Waals surface area contributed by atoms with E-state index >= 15 is 0 Å². The monoisotopic (exact) mass is 202 g/mol. The van der Waals surface area contributed by atoms with Gasteiger partial charge in [0.15, 0.2) is 0 Å². The Balaban J connectivity index is 0. The lowest BCUT2D eigenvalue weighted by molar-refractivity contribution is -0.00795. The fraction of sp³-hybridized carbons (Fsp3) is 1.00. The summed E-state index contributed by atoms with van der Waals surface area (Å²) in [5.41, 5.74) is 0. The smallest absolute Gasteiger partial charge is 0.0549 e. The van der Waals surface area contributed by atoms with Gasteiger partial charge in [-0.15, -0.1) is 0 Å². The lowest BCUT2D eigenvalue weighted by Crippen LogP contribution is -2.25. The van der Waals surface area contributed by atoms with E-state index in [0.29, 0.717) is 6.10 Å². The van der Waals surface area contributed by atoms with Gasteiger partial charge in [-0.2, -0.15) is 0 Å². The van der Waals surface area contributed by atoms with E-state index in [4.69, 9.17) is 4.74 Å². The molecule has 1 heteroatoms. The molecule has 0 spiro atoms. The van der Waals surface area contributed by atoms with Gasteiger partial charge in [-0.3, -0.25) is 0 Å². The Hall–Kier alpha value is -0.0400. The van der Waals surface area contributed by atoms with Crippen molar-refractivity contribution in [2.75, 3.05) is 6.61 Å². The first-order valence-electron chi connectivity index (χ1n) is 6.31. The van der Waals surface area contributed by atoms with E-state index in [1.807, 2.05) is 27.7 Å². The number of hydrogen-bond acceptors (Lipinski definition) is 1. The van der Waals surface area contributed by atoms with Gasteiger partial charge in [0.25, 0.3) is 0 Å². The molecule has 0 radical (unpaired) electrons. The molecule has 2 atom stereocenters. The standard InChI is InChI=1S/C9H18O.2C2H6/c1-7(2)9-4-5-10-8(3)6-9;2*1-2/h7-9H,4-6H2,1-3H3;2*1-2H3. The number of ether oxygens (including phenoxy) is 1. The highest BCUT2D eigenvalue weighted by Crippen LogP contribution is 2.26. The van der Waals surface area contributed by atoms with Crippen LogP contribution in [0, 0.1) is 11.8 Å². The van der Waals surface area contributed by atoms with Crippen LogP contribution < -0.4 is 0 Å². The molecule has 2 unspecified atom stereocenters. The van der Waals surface area contributed by atoms with Crippen molar-refractivity contribution in [1.29, 1.82) is 0 Å². The number of hydrogen-bond donors (Lipinski definition) is 0. The minimum absolute atomic E-state index is 0.501. The second-order valence-electron chi connectivity index (χ2n) is 3.71. The Morgan fingerprint density at radius 1 is 1.07 bits per heavy atom. The Kier molecular flexibility index (Phi) is 12.9. The molecule has 14 heavy (non-hydrogen) atoms. The van der Waals surface area contributed by atoms with Gasteiger partial charge in [-0.05, 0) is 31.6 Å². The second-order valence-corrected chi connectivity index (χ2v) is 3.71. The number of rotatable bonds is 1. The van der Waals surface area contributed by atoms with Gasteiger partial charge in [0.2, 0.25) is 0 Å². The molecule has 1 nitrogen and oxygen atoms in total. The summed E-state index contributed by atoms with van der Waals surface area (Å²) in [6, 6.07) is 0. The first-order valence-corrected chi connectivity index (χ1v) is 6.31. The highest BCUT2D eigenvalue weighted by Gasteiger charge is 2.21. The van der Waals surface area contributed by atoms with E-state index in [0.717, 1.165) is 18.4 Å². The summed E-state index contributed by atoms with van der Waals surface area (Å²) in [5.74, 6) is 1.75. The molecule has 0 aromatic rings. The average Bonchev–Trinajstić information content (AvgIpc) is 2.24. The molecule has 1 aliphatic heterocycles. The zero-order chi connectivity index (χ0) is 11.6. The highest BCUT2D eigenvalue weighted by molar-refractivity contribution is 4.70. The van der Waals surface area contributed by atoms with E-state index in [1.165, 1.54) is 12.8 Å². The van der Waals surface area contributed by atoms with Crippen LogP contribution in [0.15, 0.2) is 0 Å². The normalized spacial score (nSPS) is 25.7. The summed E-state index contributed by atoms with van der Waals surface area (Å²) in [5, 5.41) is 0. The Morgan fingerprint density at radius 3 is 1.86 bits per heavy atom. The first-order chi connectivity index (χ1) is 6.70. The van der Waals surface area contributed by atoms with Gasteiger partial charge in [-0.1, -0.05) is 41.5 Å². The van der Waals surface area contributed by atoms with E-state index in [-0.39, 0.29) is 0 Å². The van der Waals surface area contributed by atoms with Crippen molar-refractivity contribution in [3.05, 3.63) is 0 Å². The maximum Gasteiger partial charge on any atom is 0.0549 e. The topological polar surface area (TPSA) is 9.23 Å². The molecule has 0 amide bonds. The van der Waals surface area contributed by atoms with Crippen molar-refractivity contribution in [1.82, 2.24) is 0 Å². The molecule has 0 bridgehead atoms. The fourth-order valence-electron chi connectivity index (χ4n) is 1.64. The Labute approximate surface area is 91.2 Å². The average molecular weight is 202 g/mol. The van der Waals surface area contributed by atoms with Crippen LogP contribution in [0.3, 0.4) is 0 Å². The van der Waals surface area contributed by atoms with Gasteiger partial charge in [-0.25, -0.2) is 0 Å². The largest absolute Gasteiger partial charge is 0.378 e. The Bertz CT molecular complexity index is 99.4. The van der Waals surface area contributed by atoms with Crippen LogP contribution in [-0.2, 0) is 4.74 Å². The Morgan fingerprint density at radius 2 is 1.57 bits per heavy atom. The summed E-state index contributed by atoms with van der Waals surface area (Å²) in [6.07, 6.45) is 3.03. The summed E-state index contributed by atoms with van der Waals surface area (Å²) < 4.78 is 5.46. The van der Waals surface area contributed by atoms with Gasteiger partial charge < -0.3 is 4.74 Å². The van der Waals surface area contributed by atoms with Gasteiger partial charge in [0.1, 0.15) is 0 Å². The highest BCUT2D eigenvalue weighted by atomic mass is 16.5.